The summed E-state index contributed by atoms with van der Waals surface area (Å²) < 4.78 is 0. The predicted octanol–water partition coefficient (Wildman–Crippen LogP) is 4.29. The van der Waals surface area contributed by atoms with Crippen molar-refractivity contribution in [2.45, 2.75) is 13.5 Å². The first kappa shape index (κ1) is 19.1. The molecular weight excluding hydrogens is 385 g/mol. The lowest BCUT2D eigenvalue weighted by atomic mass is 10.2. The molecule has 0 unspecified atom stereocenters. The van der Waals surface area contributed by atoms with Gasteiger partial charge in [-0.15, -0.1) is 0 Å². The molecule has 0 aliphatic heterocycles. The number of carbonyl (C=O) groups excluding carboxylic acids is 1. The average molecular weight is 402 g/mol. The van der Waals surface area contributed by atoms with Gasteiger partial charge in [0.05, 0.1) is 17.4 Å². The van der Waals surface area contributed by atoms with E-state index < -0.39 is 0 Å². The van der Waals surface area contributed by atoms with Crippen LogP contribution < -0.4 is 5.56 Å². The Labute approximate surface area is 166 Å². The van der Waals surface area contributed by atoms with Crippen LogP contribution in [0.15, 0.2) is 53.3 Å². The van der Waals surface area contributed by atoms with Crippen LogP contribution in [0.2, 0.25) is 10.0 Å². The highest BCUT2D eigenvalue weighted by Crippen LogP contribution is 2.21. The van der Waals surface area contributed by atoms with Crippen molar-refractivity contribution < 1.29 is 4.79 Å². The number of hydrogen-bond donors (Lipinski definition) is 1. The van der Waals surface area contributed by atoms with Gasteiger partial charge in [-0.05, 0) is 48.9 Å². The lowest BCUT2D eigenvalue weighted by molar-refractivity contribution is -0.126. The number of hydrogen-bond acceptors (Lipinski definition) is 3. The molecule has 3 rings (SSSR count). The van der Waals surface area contributed by atoms with E-state index in [2.05, 4.69) is 9.97 Å². The van der Waals surface area contributed by atoms with Gasteiger partial charge in [0.2, 0.25) is 5.91 Å². The number of aromatic amines is 1. The van der Waals surface area contributed by atoms with Gasteiger partial charge < -0.3 is 9.88 Å². The SMILES string of the molecule is CCN(Cc1nc2ccccc2c(=O)[nH]1)C(=O)/C=C\c1cc(Cl)ccc1Cl. The number of para-hydroxylation sites is 1. The third-order valence-corrected chi connectivity index (χ3v) is 4.64. The molecule has 0 aliphatic rings. The molecule has 27 heavy (non-hydrogen) atoms. The normalized spacial score (nSPS) is 11.2. The van der Waals surface area contributed by atoms with E-state index in [0.29, 0.717) is 38.9 Å². The molecule has 0 aliphatic carbocycles. The number of H-pyrrole nitrogens is 1. The Kier molecular flexibility index (Phi) is 5.94. The Morgan fingerprint density at radius 2 is 2.00 bits per heavy atom. The minimum absolute atomic E-state index is 0.197. The molecule has 1 N–H and O–H groups in total. The molecule has 7 heteroatoms. The van der Waals surface area contributed by atoms with Gasteiger partial charge >= 0.3 is 0 Å². The van der Waals surface area contributed by atoms with Crippen molar-refractivity contribution in [3.8, 4) is 0 Å². The molecule has 138 valence electrons. The topological polar surface area (TPSA) is 66.1 Å². The highest BCUT2D eigenvalue weighted by molar-refractivity contribution is 6.34. The summed E-state index contributed by atoms with van der Waals surface area (Å²) in [5.41, 5.74) is 1.03. The van der Waals surface area contributed by atoms with Crippen LogP contribution in [0, 0.1) is 0 Å². The van der Waals surface area contributed by atoms with E-state index in [-0.39, 0.29) is 18.0 Å². The van der Waals surface area contributed by atoms with Crippen LogP contribution in [-0.4, -0.2) is 27.3 Å². The Morgan fingerprint density at radius 3 is 2.78 bits per heavy atom. The van der Waals surface area contributed by atoms with Gasteiger partial charge in [-0.1, -0.05) is 35.3 Å². The smallest absolute Gasteiger partial charge is 0.258 e. The molecule has 1 aromatic heterocycles. The van der Waals surface area contributed by atoms with Crippen LogP contribution in [0.1, 0.15) is 18.3 Å². The van der Waals surface area contributed by atoms with Gasteiger partial charge in [-0.25, -0.2) is 4.98 Å². The summed E-state index contributed by atoms with van der Waals surface area (Å²) in [6.07, 6.45) is 3.05. The number of carbonyl (C=O) groups is 1. The number of aromatic nitrogens is 2. The maximum Gasteiger partial charge on any atom is 0.258 e. The number of nitrogens with zero attached hydrogens (tertiary/aromatic N) is 2. The Balaban J connectivity index is 1.80. The van der Waals surface area contributed by atoms with E-state index in [1.54, 1.807) is 47.4 Å². The van der Waals surface area contributed by atoms with Crippen molar-refractivity contribution in [1.29, 1.82) is 0 Å². The highest BCUT2D eigenvalue weighted by atomic mass is 35.5. The molecule has 0 fully saturated rings. The van der Waals surface area contributed by atoms with E-state index >= 15 is 0 Å². The number of nitrogens with one attached hydrogen (secondary N) is 1. The summed E-state index contributed by atoms with van der Waals surface area (Å²) in [6, 6.07) is 12.1. The molecule has 1 amide bonds. The molecule has 0 bridgehead atoms. The lowest BCUT2D eigenvalue weighted by Gasteiger charge is -2.18. The summed E-state index contributed by atoms with van der Waals surface area (Å²) in [4.78, 5) is 33.5. The lowest BCUT2D eigenvalue weighted by Crippen LogP contribution is -2.30. The van der Waals surface area contributed by atoms with Crippen LogP contribution >= 0.6 is 23.2 Å². The zero-order valence-electron chi connectivity index (χ0n) is 14.6. The van der Waals surface area contributed by atoms with Gasteiger partial charge in [0.1, 0.15) is 5.82 Å². The summed E-state index contributed by atoms with van der Waals surface area (Å²) in [7, 11) is 0. The molecule has 0 saturated carbocycles. The monoisotopic (exact) mass is 401 g/mol. The van der Waals surface area contributed by atoms with Gasteiger partial charge in [-0.2, -0.15) is 0 Å². The van der Waals surface area contributed by atoms with Gasteiger partial charge in [0, 0.05) is 22.7 Å². The number of fused-ring (bicyclic) bond motifs is 1. The second-order valence-corrected chi connectivity index (χ2v) is 6.72. The van der Waals surface area contributed by atoms with Crippen molar-refractivity contribution in [3.05, 3.63) is 80.3 Å². The first-order chi connectivity index (χ1) is 13.0. The van der Waals surface area contributed by atoms with Crippen LogP contribution in [0.25, 0.3) is 17.0 Å². The van der Waals surface area contributed by atoms with Crippen molar-refractivity contribution >= 4 is 46.1 Å². The Morgan fingerprint density at radius 1 is 1.22 bits per heavy atom. The molecule has 0 spiro atoms. The van der Waals surface area contributed by atoms with Gasteiger partial charge in [0.15, 0.2) is 0 Å². The van der Waals surface area contributed by atoms with E-state index in [9.17, 15) is 9.59 Å². The quantitative estimate of drug-likeness (QED) is 0.648. The molecule has 1 heterocycles. The van der Waals surface area contributed by atoms with Crippen LogP contribution in [0.3, 0.4) is 0 Å². The molecule has 3 aromatic rings. The van der Waals surface area contributed by atoms with Crippen molar-refractivity contribution in [3.63, 3.8) is 0 Å². The molecule has 0 radical (unpaired) electrons. The zero-order chi connectivity index (χ0) is 19.4. The van der Waals surface area contributed by atoms with Crippen molar-refractivity contribution in [2.75, 3.05) is 6.54 Å². The van der Waals surface area contributed by atoms with E-state index in [4.69, 9.17) is 23.2 Å². The third-order valence-electron chi connectivity index (χ3n) is 4.06. The average Bonchev–Trinajstić information content (AvgIpc) is 2.66. The second kappa shape index (κ2) is 8.37. The van der Waals surface area contributed by atoms with Crippen LogP contribution in [0.5, 0.6) is 0 Å². The molecule has 0 saturated heterocycles. The third kappa shape index (κ3) is 4.56. The maximum absolute atomic E-state index is 12.5. The summed E-state index contributed by atoms with van der Waals surface area (Å²) in [6.45, 7) is 2.52. The van der Waals surface area contributed by atoms with E-state index in [1.165, 1.54) is 6.08 Å². The summed E-state index contributed by atoms with van der Waals surface area (Å²) in [5.74, 6) is 0.215. The molecule has 5 nitrogen and oxygen atoms in total. The van der Waals surface area contributed by atoms with E-state index in [1.807, 2.05) is 13.0 Å². The number of amides is 1. The van der Waals surface area contributed by atoms with Crippen LogP contribution in [-0.2, 0) is 11.3 Å². The second-order valence-electron chi connectivity index (χ2n) is 5.88. The standard InChI is InChI=1S/C20H17Cl2N3O2/c1-2-25(19(26)10-7-13-11-14(21)8-9-16(13)22)12-18-23-17-6-4-3-5-15(17)20(27)24-18/h3-11H,2,12H2,1H3,(H,23,24,27)/b10-7-. The van der Waals surface area contributed by atoms with Gasteiger partial charge in [-0.3, -0.25) is 9.59 Å². The highest BCUT2D eigenvalue weighted by Gasteiger charge is 2.12. The van der Waals surface area contributed by atoms with Crippen molar-refractivity contribution in [1.82, 2.24) is 14.9 Å². The largest absolute Gasteiger partial charge is 0.332 e. The van der Waals surface area contributed by atoms with Crippen molar-refractivity contribution in [2.24, 2.45) is 0 Å². The fourth-order valence-corrected chi connectivity index (χ4v) is 3.01. The Bertz CT molecular complexity index is 1080. The zero-order valence-corrected chi connectivity index (χ0v) is 16.1. The summed E-state index contributed by atoms with van der Waals surface area (Å²) >= 11 is 12.1. The Hall–Kier alpha value is -2.63. The number of benzene rings is 2. The fourth-order valence-electron chi connectivity index (χ4n) is 2.64. The minimum atomic E-state index is -0.222. The maximum atomic E-state index is 12.5. The number of likely N-dealkylation sites (N-methyl/N-ethyl adjacent to an activating group) is 1. The molecular formula is C20H17Cl2N3O2. The fraction of sp³-hybridized carbons (Fsp3) is 0.150. The number of halogens is 2. The molecule has 2 aromatic carbocycles. The first-order valence-corrected chi connectivity index (χ1v) is 9.13. The number of rotatable bonds is 5. The predicted molar refractivity (Wildman–Crippen MR) is 109 cm³/mol. The van der Waals surface area contributed by atoms with Gasteiger partial charge in [0.25, 0.3) is 5.56 Å². The minimum Gasteiger partial charge on any atom is -0.332 e. The summed E-state index contributed by atoms with van der Waals surface area (Å²) in [5, 5.41) is 1.56. The first-order valence-electron chi connectivity index (χ1n) is 8.38. The van der Waals surface area contributed by atoms with Crippen LogP contribution in [0.4, 0.5) is 0 Å². The molecule has 0 atom stereocenters. The van der Waals surface area contributed by atoms with E-state index in [0.717, 1.165) is 0 Å².